The lowest BCUT2D eigenvalue weighted by molar-refractivity contribution is -0.174. The summed E-state index contributed by atoms with van der Waals surface area (Å²) >= 11 is 0. The zero-order chi connectivity index (χ0) is 19.1. The van der Waals surface area contributed by atoms with E-state index >= 15 is 0 Å². The van der Waals surface area contributed by atoms with Crippen molar-refractivity contribution in [3.8, 4) is 0 Å². The molecule has 0 radical (unpaired) electrons. The fraction of sp³-hybridized carbons (Fsp3) is 0.333. The van der Waals surface area contributed by atoms with Crippen LogP contribution in [0.3, 0.4) is 0 Å². The molecule has 0 spiro atoms. The lowest BCUT2D eigenvalue weighted by Gasteiger charge is -2.38. The Balaban J connectivity index is 2.64. The summed E-state index contributed by atoms with van der Waals surface area (Å²) in [7, 11) is 1.97. The fourth-order valence-electron chi connectivity index (χ4n) is 2.64. The Hall–Kier alpha value is -2.91. The molecule has 2 rings (SSSR count). The molecule has 7 nitrogen and oxygen atoms in total. The number of carboxylic acids is 1. The zero-order valence-corrected chi connectivity index (χ0v) is 13.1. The molecule has 0 bridgehead atoms. The van der Waals surface area contributed by atoms with Gasteiger partial charge in [-0.2, -0.15) is 8.78 Å². The predicted octanol–water partition coefficient (Wildman–Crippen LogP) is 1.30. The number of urea groups is 1. The highest BCUT2D eigenvalue weighted by Crippen LogP contribution is 2.42. The molecular weight excluding hydrogens is 345 g/mol. The van der Waals surface area contributed by atoms with E-state index in [2.05, 4.69) is 0 Å². The van der Waals surface area contributed by atoms with Gasteiger partial charge in [-0.3, -0.25) is 19.4 Å². The minimum absolute atomic E-state index is 0.420. The summed E-state index contributed by atoms with van der Waals surface area (Å²) in [4.78, 5) is 48.3. The van der Waals surface area contributed by atoms with Crippen LogP contribution in [0.5, 0.6) is 0 Å². The first-order valence-electron chi connectivity index (χ1n) is 6.96. The first kappa shape index (κ1) is 18.4. The number of carbonyl (C=O) groups is 4. The number of alkyl halides is 2. The number of barbiturate groups is 1. The summed E-state index contributed by atoms with van der Waals surface area (Å²) in [6, 6.07) is 2.32. The minimum atomic E-state index is -4.52. The van der Waals surface area contributed by atoms with Crippen molar-refractivity contribution in [3.05, 3.63) is 35.6 Å². The second-order valence-electron chi connectivity index (χ2n) is 5.51. The minimum Gasteiger partial charge on any atom is -0.477 e. The van der Waals surface area contributed by atoms with Gasteiger partial charge in [0.15, 0.2) is 0 Å². The van der Waals surface area contributed by atoms with Gasteiger partial charge in [0, 0.05) is 14.1 Å². The third-order valence-corrected chi connectivity index (χ3v) is 4.01. The third kappa shape index (κ3) is 2.94. The zero-order valence-electron chi connectivity index (χ0n) is 13.1. The van der Waals surface area contributed by atoms with Crippen molar-refractivity contribution in [1.82, 2.24) is 9.80 Å². The summed E-state index contributed by atoms with van der Waals surface area (Å²) in [5.74, 6) is -14.9. The number of rotatable bonds is 4. The van der Waals surface area contributed by atoms with Crippen LogP contribution in [0.2, 0.25) is 0 Å². The molecule has 10 heteroatoms. The van der Waals surface area contributed by atoms with Crippen molar-refractivity contribution in [2.24, 2.45) is 5.92 Å². The molecule has 0 saturated carbocycles. The van der Waals surface area contributed by atoms with Crippen molar-refractivity contribution < 1.29 is 37.5 Å². The van der Waals surface area contributed by atoms with E-state index in [-0.39, 0.29) is 0 Å². The van der Waals surface area contributed by atoms with Crippen LogP contribution < -0.4 is 0 Å². The SMILES string of the molecule is CN1C(=O)C(C(c2ccc(F)cc2)C(F)(F)C(=O)O)C(=O)N(C)C1=O. The summed E-state index contributed by atoms with van der Waals surface area (Å²) in [6.45, 7) is 0. The molecule has 134 valence electrons. The Bertz CT molecular complexity index is 726. The lowest BCUT2D eigenvalue weighted by atomic mass is 9.78. The molecule has 1 heterocycles. The van der Waals surface area contributed by atoms with E-state index < -0.39 is 53.0 Å². The molecule has 1 unspecified atom stereocenters. The van der Waals surface area contributed by atoms with Gasteiger partial charge >= 0.3 is 17.9 Å². The van der Waals surface area contributed by atoms with Crippen molar-refractivity contribution in [2.75, 3.05) is 14.1 Å². The van der Waals surface area contributed by atoms with E-state index in [1.54, 1.807) is 0 Å². The van der Waals surface area contributed by atoms with E-state index in [0.717, 1.165) is 38.4 Å². The molecule has 1 aromatic rings. The maximum Gasteiger partial charge on any atom is 0.375 e. The summed E-state index contributed by atoms with van der Waals surface area (Å²) in [5, 5.41) is 8.87. The summed E-state index contributed by atoms with van der Waals surface area (Å²) in [5.41, 5.74) is -0.420. The molecule has 1 saturated heterocycles. The highest BCUT2D eigenvalue weighted by molar-refractivity contribution is 6.16. The average Bonchev–Trinajstić information content (AvgIpc) is 2.56. The van der Waals surface area contributed by atoms with Gasteiger partial charge in [0.05, 0.1) is 5.92 Å². The van der Waals surface area contributed by atoms with Gasteiger partial charge in [-0.1, -0.05) is 12.1 Å². The Morgan fingerprint density at radius 1 is 1.08 bits per heavy atom. The molecule has 1 aliphatic heterocycles. The van der Waals surface area contributed by atoms with Crippen LogP contribution in [0.15, 0.2) is 24.3 Å². The summed E-state index contributed by atoms with van der Waals surface area (Å²) in [6.07, 6.45) is 0. The van der Waals surface area contributed by atoms with Crippen molar-refractivity contribution in [1.29, 1.82) is 0 Å². The first-order valence-corrected chi connectivity index (χ1v) is 6.96. The number of nitrogens with zero attached hydrogens (tertiary/aromatic N) is 2. The molecule has 1 atom stereocenters. The largest absolute Gasteiger partial charge is 0.477 e. The summed E-state index contributed by atoms with van der Waals surface area (Å²) < 4.78 is 41.8. The standard InChI is InChI=1S/C15H13F3N2O5/c1-19-11(21)9(12(22)20(2)14(19)25)10(15(17,18)13(23)24)7-3-5-8(16)6-4-7/h3-6,9-10H,1-2H3,(H,23,24). The molecule has 0 aromatic heterocycles. The van der Waals surface area contributed by atoms with E-state index in [1.165, 1.54) is 0 Å². The van der Waals surface area contributed by atoms with Gasteiger partial charge < -0.3 is 5.11 Å². The predicted molar refractivity (Wildman–Crippen MR) is 76.1 cm³/mol. The van der Waals surface area contributed by atoms with Gasteiger partial charge in [0.1, 0.15) is 11.7 Å². The Kier molecular flexibility index (Phi) is 4.56. The van der Waals surface area contributed by atoms with Gasteiger partial charge in [-0.05, 0) is 17.7 Å². The average molecular weight is 358 g/mol. The van der Waals surface area contributed by atoms with E-state index in [1.807, 2.05) is 0 Å². The number of hydrogen-bond acceptors (Lipinski definition) is 4. The van der Waals surface area contributed by atoms with Crippen LogP contribution in [0.25, 0.3) is 0 Å². The lowest BCUT2D eigenvalue weighted by Crippen LogP contribution is -2.60. The monoisotopic (exact) mass is 358 g/mol. The Labute approximate surface area is 139 Å². The molecule has 1 aromatic carbocycles. The fourth-order valence-corrected chi connectivity index (χ4v) is 2.64. The Morgan fingerprint density at radius 3 is 1.92 bits per heavy atom. The van der Waals surface area contributed by atoms with Gasteiger partial charge in [-0.25, -0.2) is 14.0 Å². The highest BCUT2D eigenvalue weighted by atomic mass is 19.3. The number of carboxylic acid groups (broad SMARTS) is 1. The number of carbonyl (C=O) groups excluding carboxylic acids is 3. The molecule has 4 amide bonds. The van der Waals surface area contributed by atoms with E-state index in [9.17, 15) is 32.3 Å². The molecule has 1 N–H and O–H groups in total. The molecule has 1 fully saturated rings. The number of hydrogen-bond donors (Lipinski definition) is 1. The molecule has 0 aliphatic carbocycles. The van der Waals surface area contributed by atoms with Crippen molar-refractivity contribution >= 4 is 23.8 Å². The van der Waals surface area contributed by atoms with Crippen LogP contribution in [0, 0.1) is 11.7 Å². The number of benzene rings is 1. The van der Waals surface area contributed by atoms with Crippen molar-refractivity contribution in [3.63, 3.8) is 0 Å². The second kappa shape index (κ2) is 6.19. The third-order valence-electron chi connectivity index (χ3n) is 4.01. The van der Waals surface area contributed by atoms with Crippen molar-refractivity contribution in [2.45, 2.75) is 11.8 Å². The van der Waals surface area contributed by atoms with Crippen LogP contribution >= 0.6 is 0 Å². The van der Waals surface area contributed by atoms with E-state index in [0.29, 0.717) is 9.80 Å². The second-order valence-corrected chi connectivity index (χ2v) is 5.51. The Morgan fingerprint density at radius 2 is 1.52 bits per heavy atom. The quantitative estimate of drug-likeness (QED) is 0.819. The van der Waals surface area contributed by atoms with Gasteiger partial charge in [0.25, 0.3) is 0 Å². The normalized spacial score (nSPS) is 17.9. The molecule has 1 aliphatic rings. The number of aliphatic carboxylic acids is 1. The molecular formula is C15H13F3N2O5. The number of imide groups is 2. The van der Waals surface area contributed by atoms with Crippen LogP contribution in [-0.2, 0) is 14.4 Å². The highest BCUT2D eigenvalue weighted by Gasteiger charge is 2.59. The van der Waals surface area contributed by atoms with Gasteiger partial charge in [-0.15, -0.1) is 0 Å². The maximum atomic E-state index is 14.4. The first-order chi connectivity index (χ1) is 11.5. The number of amides is 4. The maximum absolute atomic E-state index is 14.4. The van der Waals surface area contributed by atoms with Crippen LogP contribution in [0.4, 0.5) is 18.0 Å². The number of halogens is 3. The van der Waals surface area contributed by atoms with Gasteiger partial charge in [0.2, 0.25) is 11.8 Å². The molecule has 25 heavy (non-hydrogen) atoms. The topological polar surface area (TPSA) is 95.0 Å². The smallest absolute Gasteiger partial charge is 0.375 e. The van der Waals surface area contributed by atoms with Crippen LogP contribution in [-0.4, -0.2) is 58.7 Å². The van der Waals surface area contributed by atoms with Crippen LogP contribution in [0.1, 0.15) is 11.5 Å². The van der Waals surface area contributed by atoms with E-state index in [4.69, 9.17) is 5.11 Å².